The Labute approximate surface area is 127 Å². The van der Waals surface area contributed by atoms with Crippen LogP contribution in [0.5, 0.6) is 5.75 Å². The third kappa shape index (κ3) is 2.70. The van der Waals surface area contributed by atoms with Gasteiger partial charge in [-0.15, -0.1) is 0 Å². The molecule has 0 fully saturated rings. The van der Waals surface area contributed by atoms with Crippen LogP contribution < -0.4 is 10.5 Å². The Bertz CT molecular complexity index is 765. The lowest BCUT2D eigenvalue weighted by Crippen LogP contribution is -2.04. The number of allylic oxidation sites excluding steroid dienone is 3. The average Bonchev–Trinajstić information content (AvgIpc) is 2.97. The number of ether oxygens (including phenoxy) is 2. The second-order valence-corrected chi connectivity index (χ2v) is 5.00. The number of aromatic amines is 1. The summed E-state index contributed by atoms with van der Waals surface area (Å²) in [5, 5.41) is 0. The molecule has 114 valence electrons. The van der Waals surface area contributed by atoms with Gasteiger partial charge in [-0.3, -0.25) is 4.98 Å². The first-order valence-electron chi connectivity index (χ1n) is 7.01. The quantitative estimate of drug-likeness (QED) is 0.941. The fourth-order valence-corrected chi connectivity index (χ4v) is 2.52. The van der Waals surface area contributed by atoms with Crippen molar-refractivity contribution in [1.82, 2.24) is 4.98 Å². The molecule has 2 aromatic rings. The molecule has 3 rings (SSSR count). The number of hydrogen-bond donors (Lipinski definition) is 1. The van der Waals surface area contributed by atoms with Crippen molar-refractivity contribution in [2.24, 2.45) is 0 Å². The Morgan fingerprint density at radius 3 is 2.55 bits per heavy atom. The Kier molecular flexibility index (Phi) is 3.87. The summed E-state index contributed by atoms with van der Waals surface area (Å²) in [7, 11) is 3.25. The molecule has 1 N–H and O–H groups in total. The minimum atomic E-state index is -0.448. The summed E-state index contributed by atoms with van der Waals surface area (Å²) >= 11 is 0. The first-order chi connectivity index (χ1) is 10.7. The van der Waals surface area contributed by atoms with Gasteiger partial charge in [0.15, 0.2) is 5.76 Å². The number of nitrogens with one attached hydrogen (secondary N) is 1. The van der Waals surface area contributed by atoms with Gasteiger partial charge in [-0.1, -0.05) is 6.08 Å². The Balaban J connectivity index is 1.95. The highest BCUT2D eigenvalue weighted by molar-refractivity contribution is 5.62. The van der Waals surface area contributed by atoms with Crippen molar-refractivity contribution in [3.05, 3.63) is 64.5 Å². The highest BCUT2D eigenvalue weighted by Crippen LogP contribution is 2.33. The van der Waals surface area contributed by atoms with Crippen LogP contribution in [0.25, 0.3) is 11.3 Å². The molecule has 0 saturated heterocycles. The Morgan fingerprint density at radius 1 is 1.18 bits per heavy atom. The molecule has 0 radical (unpaired) electrons. The highest BCUT2D eigenvalue weighted by Gasteiger charge is 2.21. The Hall–Kier alpha value is -2.69. The molecule has 5 heteroatoms. The van der Waals surface area contributed by atoms with E-state index in [0.29, 0.717) is 5.76 Å². The van der Waals surface area contributed by atoms with Gasteiger partial charge in [0.1, 0.15) is 11.5 Å². The van der Waals surface area contributed by atoms with Gasteiger partial charge in [0.05, 0.1) is 19.9 Å². The zero-order valence-corrected chi connectivity index (χ0v) is 12.5. The summed E-state index contributed by atoms with van der Waals surface area (Å²) in [5.74, 6) is 1.76. The van der Waals surface area contributed by atoms with E-state index in [9.17, 15) is 4.79 Å². The van der Waals surface area contributed by atoms with Gasteiger partial charge in [0, 0.05) is 11.5 Å². The predicted octanol–water partition coefficient (Wildman–Crippen LogP) is 3.22. The van der Waals surface area contributed by atoms with Crippen LogP contribution in [0.15, 0.2) is 57.5 Å². The van der Waals surface area contributed by atoms with Gasteiger partial charge in [-0.2, -0.15) is 0 Å². The number of benzene rings is 1. The molecule has 0 saturated carbocycles. The van der Waals surface area contributed by atoms with Gasteiger partial charge >= 0.3 is 5.76 Å². The molecule has 0 amide bonds. The van der Waals surface area contributed by atoms with Crippen LogP contribution in [-0.4, -0.2) is 19.2 Å². The van der Waals surface area contributed by atoms with Crippen LogP contribution in [0.2, 0.25) is 0 Å². The van der Waals surface area contributed by atoms with Crippen molar-refractivity contribution >= 4 is 0 Å². The molecule has 5 nitrogen and oxygen atoms in total. The van der Waals surface area contributed by atoms with Gasteiger partial charge in [-0.25, -0.2) is 4.79 Å². The first-order valence-corrected chi connectivity index (χ1v) is 7.01. The zero-order valence-electron chi connectivity index (χ0n) is 12.5. The highest BCUT2D eigenvalue weighted by atomic mass is 16.5. The molecule has 1 atom stereocenters. The summed E-state index contributed by atoms with van der Waals surface area (Å²) < 4.78 is 15.7. The van der Waals surface area contributed by atoms with Crippen molar-refractivity contribution in [3.8, 4) is 17.1 Å². The van der Waals surface area contributed by atoms with Gasteiger partial charge in [-0.05, 0) is 42.8 Å². The average molecular weight is 299 g/mol. The molecule has 1 aliphatic carbocycles. The monoisotopic (exact) mass is 299 g/mol. The minimum absolute atomic E-state index is 0.0578. The molecule has 1 unspecified atom stereocenters. The van der Waals surface area contributed by atoms with Crippen LogP contribution in [-0.2, 0) is 4.74 Å². The number of aromatic nitrogens is 1. The van der Waals surface area contributed by atoms with E-state index < -0.39 is 5.76 Å². The van der Waals surface area contributed by atoms with E-state index in [1.165, 1.54) is 0 Å². The van der Waals surface area contributed by atoms with Crippen molar-refractivity contribution in [2.75, 3.05) is 14.2 Å². The molecule has 1 heterocycles. The largest absolute Gasteiger partial charge is 0.497 e. The van der Waals surface area contributed by atoms with Crippen LogP contribution in [0.4, 0.5) is 0 Å². The summed E-state index contributed by atoms with van der Waals surface area (Å²) in [5.41, 5.74) is 1.61. The predicted molar refractivity (Wildman–Crippen MR) is 82.9 cm³/mol. The molecule has 0 aliphatic heterocycles. The molecular weight excluding hydrogens is 282 g/mol. The lowest BCUT2D eigenvalue weighted by molar-refractivity contribution is 0.303. The summed E-state index contributed by atoms with van der Waals surface area (Å²) in [4.78, 5) is 14.5. The van der Waals surface area contributed by atoms with Gasteiger partial charge in [0.25, 0.3) is 0 Å². The third-order valence-electron chi connectivity index (χ3n) is 3.70. The van der Waals surface area contributed by atoms with E-state index in [1.807, 2.05) is 42.5 Å². The normalized spacial score (nSPS) is 17.2. The first kappa shape index (κ1) is 14.3. The van der Waals surface area contributed by atoms with Crippen molar-refractivity contribution in [2.45, 2.75) is 12.3 Å². The number of hydrogen-bond acceptors (Lipinski definition) is 4. The van der Waals surface area contributed by atoms with E-state index in [2.05, 4.69) is 4.98 Å². The van der Waals surface area contributed by atoms with E-state index in [1.54, 1.807) is 14.2 Å². The lowest BCUT2D eigenvalue weighted by Gasteiger charge is -2.15. The SMILES string of the molecule is COC1=CCC(c2[nH]c(=O)oc2-c2ccc(OC)cc2)C=C1. The lowest BCUT2D eigenvalue weighted by atomic mass is 9.94. The van der Waals surface area contributed by atoms with E-state index in [-0.39, 0.29) is 5.92 Å². The maximum atomic E-state index is 11.7. The standard InChI is InChI=1S/C17H17NO4/c1-20-13-7-3-11(4-8-13)15-16(22-17(19)18-15)12-5-9-14(21-2)10-6-12/h3,5-11H,4H2,1-2H3,(H,18,19). The number of oxazole rings is 1. The molecule has 1 aliphatic rings. The summed E-state index contributed by atoms with van der Waals surface area (Å²) in [6.45, 7) is 0. The summed E-state index contributed by atoms with van der Waals surface area (Å²) in [6.07, 6.45) is 6.65. The van der Waals surface area contributed by atoms with E-state index in [0.717, 1.165) is 29.2 Å². The fourth-order valence-electron chi connectivity index (χ4n) is 2.52. The van der Waals surface area contributed by atoms with Crippen molar-refractivity contribution in [1.29, 1.82) is 0 Å². The van der Waals surface area contributed by atoms with Crippen LogP contribution in [0, 0.1) is 0 Å². The number of H-pyrrole nitrogens is 1. The van der Waals surface area contributed by atoms with Crippen LogP contribution in [0.1, 0.15) is 18.0 Å². The molecule has 22 heavy (non-hydrogen) atoms. The maximum absolute atomic E-state index is 11.7. The number of rotatable bonds is 4. The van der Waals surface area contributed by atoms with Crippen LogP contribution in [0.3, 0.4) is 0 Å². The fraction of sp³-hybridized carbons (Fsp3) is 0.235. The van der Waals surface area contributed by atoms with E-state index in [4.69, 9.17) is 13.9 Å². The minimum Gasteiger partial charge on any atom is -0.497 e. The van der Waals surface area contributed by atoms with Gasteiger partial charge < -0.3 is 13.9 Å². The summed E-state index contributed by atoms with van der Waals surface area (Å²) in [6, 6.07) is 7.42. The maximum Gasteiger partial charge on any atom is 0.417 e. The molecule has 0 bridgehead atoms. The Morgan fingerprint density at radius 2 is 1.95 bits per heavy atom. The zero-order chi connectivity index (χ0) is 15.5. The second-order valence-electron chi connectivity index (χ2n) is 5.00. The smallest absolute Gasteiger partial charge is 0.417 e. The number of methoxy groups -OCH3 is 2. The second kappa shape index (κ2) is 5.97. The topological polar surface area (TPSA) is 64.5 Å². The van der Waals surface area contributed by atoms with E-state index >= 15 is 0 Å². The molecule has 1 aromatic heterocycles. The molecular formula is C17H17NO4. The van der Waals surface area contributed by atoms with Crippen molar-refractivity contribution in [3.63, 3.8) is 0 Å². The molecule has 0 spiro atoms. The third-order valence-corrected chi connectivity index (χ3v) is 3.70. The van der Waals surface area contributed by atoms with Crippen molar-refractivity contribution < 1.29 is 13.9 Å². The van der Waals surface area contributed by atoms with Crippen LogP contribution >= 0.6 is 0 Å². The van der Waals surface area contributed by atoms with Gasteiger partial charge in [0.2, 0.25) is 0 Å². The molecule has 1 aromatic carbocycles.